The van der Waals surface area contributed by atoms with Crippen LogP contribution in [0.4, 0.5) is 5.95 Å². The van der Waals surface area contributed by atoms with Gasteiger partial charge >= 0.3 is 0 Å². The fraction of sp³-hybridized carbons (Fsp3) is 0.150. The molecule has 0 amide bonds. The van der Waals surface area contributed by atoms with E-state index in [1.54, 1.807) is 29.7 Å². The van der Waals surface area contributed by atoms with Crippen molar-refractivity contribution >= 4 is 23.2 Å². The van der Waals surface area contributed by atoms with Crippen LogP contribution in [0.3, 0.4) is 0 Å². The van der Waals surface area contributed by atoms with Crippen LogP contribution in [0, 0.1) is 0 Å². The minimum absolute atomic E-state index is 0.113. The van der Waals surface area contributed by atoms with Gasteiger partial charge in [-0.1, -0.05) is 36.4 Å². The van der Waals surface area contributed by atoms with E-state index in [0.717, 1.165) is 10.4 Å². The maximum absolute atomic E-state index is 12.8. The van der Waals surface area contributed by atoms with Gasteiger partial charge in [0.2, 0.25) is 17.7 Å². The molecule has 4 rings (SSSR count). The molecule has 136 valence electrons. The van der Waals surface area contributed by atoms with Crippen LogP contribution < -0.4 is 5.32 Å². The molecule has 7 heteroatoms. The molecule has 0 radical (unpaired) electrons. The van der Waals surface area contributed by atoms with Crippen molar-refractivity contribution < 1.29 is 9.21 Å². The third-order valence-electron chi connectivity index (χ3n) is 4.06. The fourth-order valence-electron chi connectivity index (χ4n) is 2.69. The van der Waals surface area contributed by atoms with Crippen molar-refractivity contribution in [2.45, 2.75) is 19.4 Å². The lowest BCUT2D eigenvalue weighted by Crippen LogP contribution is -2.17. The summed E-state index contributed by atoms with van der Waals surface area (Å²) in [6, 6.07) is 17.5. The van der Waals surface area contributed by atoms with Gasteiger partial charge in [0, 0.05) is 11.3 Å². The highest BCUT2D eigenvalue weighted by Gasteiger charge is 2.18. The number of carbonyl (C=O) groups excluding carboxylic acids is 1. The zero-order valence-electron chi connectivity index (χ0n) is 14.5. The zero-order chi connectivity index (χ0) is 18.5. The van der Waals surface area contributed by atoms with E-state index in [4.69, 9.17) is 4.42 Å². The van der Waals surface area contributed by atoms with Gasteiger partial charge in [-0.15, -0.1) is 16.4 Å². The van der Waals surface area contributed by atoms with Crippen LogP contribution in [0.2, 0.25) is 0 Å². The van der Waals surface area contributed by atoms with Crippen molar-refractivity contribution in [3.63, 3.8) is 0 Å². The predicted molar refractivity (Wildman–Crippen MR) is 105 cm³/mol. The average Bonchev–Trinajstić information content (AvgIpc) is 3.46. The van der Waals surface area contributed by atoms with Crippen molar-refractivity contribution in [2.24, 2.45) is 0 Å². The van der Waals surface area contributed by atoms with Crippen LogP contribution in [0.15, 0.2) is 70.7 Å². The maximum atomic E-state index is 12.8. The number of furan rings is 1. The van der Waals surface area contributed by atoms with Gasteiger partial charge in [0.05, 0.1) is 12.8 Å². The average molecular weight is 378 g/mol. The molecule has 0 atom stereocenters. The van der Waals surface area contributed by atoms with E-state index < -0.39 is 0 Å². The number of carbonyl (C=O) groups is 1. The molecule has 0 fully saturated rings. The Balaban J connectivity index is 1.54. The second-order valence-electron chi connectivity index (χ2n) is 5.96. The predicted octanol–water partition coefficient (Wildman–Crippen LogP) is 4.48. The Kier molecular flexibility index (Phi) is 5.11. The van der Waals surface area contributed by atoms with E-state index in [2.05, 4.69) is 15.4 Å². The van der Waals surface area contributed by atoms with Crippen LogP contribution in [0.5, 0.6) is 0 Å². The second kappa shape index (κ2) is 8.01. The second-order valence-corrected chi connectivity index (χ2v) is 6.99. The minimum atomic E-state index is -0.113. The van der Waals surface area contributed by atoms with Gasteiger partial charge in [-0.2, -0.15) is 9.67 Å². The summed E-state index contributed by atoms with van der Waals surface area (Å²) in [6.07, 6.45) is 2.56. The lowest BCUT2D eigenvalue weighted by Gasteiger charge is -2.06. The standard InChI is InChI=1S/C20H18N4O2S/c25-18(11-10-15-6-2-1-3-7-15)24-20(21-14-16-8-5-13-27-16)22-19(23-24)17-9-4-12-26-17/h1-9,12-13H,10-11,14H2,(H,21,22,23). The van der Waals surface area contributed by atoms with Crippen LogP contribution >= 0.6 is 11.3 Å². The Hall–Kier alpha value is -3.19. The Morgan fingerprint density at radius 1 is 1.11 bits per heavy atom. The highest BCUT2D eigenvalue weighted by molar-refractivity contribution is 7.09. The SMILES string of the molecule is O=C(CCc1ccccc1)n1nc(-c2ccco2)nc1NCc1cccs1. The molecule has 0 aliphatic rings. The van der Waals surface area contributed by atoms with Crippen LogP contribution in [0.25, 0.3) is 11.6 Å². The smallest absolute Gasteiger partial charge is 0.250 e. The topological polar surface area (TPSA) is 73.0 Å². The van der Waals surface area contributed by atoms with E-state index in [9.17, 15) is 4.79 Å². The Morgan fingerprint density at radius 2 is 2.00 bits per heavy atom. The maximum Gasteiger partial charge on any atom is 0.250 e. The normalized spacial score (nSPS) is 10.8. The largest absolute Gasteiger partial charge is 0.461 e. The number of thiophene rings is 1. The van der Waals surface area contributed by atoms with E-state index >= 15 is 0 Å². The van der Waals surface area contributed by atoms with Gasteiger partial charge in [-0.3, -0.25) is 4.79 Å². The quantitative estimate of drug-likeness (QED) is 0.513. The molecule has 4 aromatic rings. The van der Waals surface area contributed by atoms with Gasteiger partial charge in [0.1, 0.15) is 0 Å². The van der Waals surface area contributed by atoms with Crippen molar-refractivity contribution in [3.05, 3.63) is 76.7 Å². The molecular formula is C20H18N4O2S. The highest BCUT2D eigenvalue weighted by Crippen LogP contribution is 2.20. The summed E-state index contributed by atoms with van der Waals surface area (Å²) in [4.78, 5) is 18.4. The molecule has 0 spiro atoms. The molecule has 27 heavy (non-hydrogen) atoms. The van der Waals surface area contributed by atoms with Gasteiger partial charge in [-0.05, 0) is 35.6 Å². The number of nitrogens with one attached hydrogen (secondary N) is 1. The van der Waals surface area contributed by atoms with E-state index in [1.807, 2.05) is 47.8 Å². The molecule has 1 N–H and O–H groups in total. The number of nitrogens with zero attached hydrogens (tertiary/aromatic N) is 3. The number of aromatic nitrogens is 3. The number of hydrogen-bond acceptors (Lipinski definition) is 6. The van der Waals surface area contributed by atoms with Crippen molar-refractivity contribution in [1.29, 1.82) is 0 Å². The molecule has 0 saturated heterocycles. The first-order chi connectivity index (χ1) is 13.3. The number of hydrogen-bond donors (Lipinski definition) is 1. The van der Waals surface area contributed by atoms with E-state index in [0.29, 0.717) is 36.9 Å². The molecule has 0 unspecified atom stereocenters. The lowest BCUT2D eigenvalue weighted by molar-refractivity contribution is 0.0890. The third kappa shape index (κ3) is 4.15. The van der Waals surface area contributed by atoms with Crippen molar-refractivity contribution in [3.8, 4) is 11.6 Å². The number of rotatable bonds is 7. The van der Waals surface area contributed by atoms with E-state index in [-0.39, 0.29) is 5.91 Å². The van der Waals surface area contributed by atoms with Crippen molar-refractivity contribution in [1.82, 2.24) is 14.8 Å². The van der Waals surface area contributed by atoms with Gasteiger partial charge < -0.3 is 9.73 Å². The minimum Gasteiger partial charge on any atom is -0.461 e. The van der Waals surface area contributed by atoms with Crippen LogP contribution in [0.1, 0.15) is 21.7 Å². The first kappa shape index (κ1) is 17.2. The molecule has 1 aromatic carbocycles. The number of benzene rings is 1. The summed E-state index contributed by atoms with van der Waals surface area (Å²) in [5.41, 5.74) is 1.12. The van der Waals surface area contributed by atoms with Gasteiger partial charge in [-0.25, -0.2) is 0 Å². The Morgan fingerprint density at radius 3 is 2.74 bits per heavy atom. The molecule has 0 aliphatic carbocycles. The first-order valence-electron chi connectivity index (χ1n) is 8.64. The summed E-state index contributed by atoms with van der Waals surface area (Å²) >= 11 is 1.65. The molecule has 3 heterocycles. The lowest BCUT2D eigenvalue weighted by atomic mass is 10.1. The van der Waals surface area contributed by atoms with Crippen LogP contribution in [-0.2, 0) is 13.0 Å². The highest BCUT2D eigenvalue weighted by atomic mass is 32.1. The van der Waals surface area contributed by atoms with Gasteiger partial charge in [0.25, 0.3) is 0 Å². The van der Waals surface area contributed by atoms with Crippen LogP contribution in [-0.4, -0.2) is 20.7 Å². The summed E-state index contributed by atoms with van der Waals surface area (Å²) in [6.45, 7) is 0.583. The summed E-state index contributed by atoms with van der Waals surface area (Å²) < 4.78 is 6.71. The van der Waals surface area contributed by atoms with E-state index in [1.165, 1.54) is 4.68 Å². The molecule has 0 aliphatic heterocycles. The Bertz CT molecular complexity index is 992. The summed E-state index contributed by atoms with van der Waals surface area (Å²) in [5, 5.41) is 9.60. The molecule has 0 saturated carbocycles. The third-order valence-corrected chi connectivity index (χ3v) is 4.93. The zero-order valence-corrected chi connectivity index (χ0v) is 15.4. The number of anilines is 1. The molecule has 3 aromatic heterocycles. The van der Waals surface area contributed by atoms with Gasteiger partial charge in [0.15, 0.2) is 5.76 Å². The summed E-state index contributed by atoms with van der Waals surface area (Å²) in [7, 11) is 0. The molecular weight excluding hydrogens is 360 g/mol. The monoisotopic (exact) mass is 378 g/mol. The fourth-order valence-corrected chi connectivity index (χ4v) is 3.34. The number of aryl methyl sites for hydroxylation is 1. The van der Waals surface area contributed by atoms with Crippen molar-refractivity contribution in [2.75, 3.05) is 5.32 Å². The molecule has 6 nitrogen and oxygen atoms in total. The molecule has 0 bridgehead atoms. The Labute approximate surface area is 160 Å². The first-order valence-corrected chi connectivity index (χ1v) is 9.52. The summed E-state index contributed by atoms with van der Waals surface area (Å²) in [5.74, 6) is 1.23.